The highest BCUT2D eigenvalue weighted by Gasteiger charge is 2.36. The molecule has 0 saturated carbocycles. The number of rotatable bonds is 5. The number of thiazole rings is 1. The van der Waals surface area contributed by atoms with Gasteiger partial charge in [-0.2, -0.15) is 11.8 Å². The largest absolute Gasteiger partial charge is 0.300 e. The molecule has 0 saturated heterocycles. The van der Waals surface area contributed by atoms with Crippen LogP contribution in [-0.2, 0) is 10.5 Å². The molecule has 3 amide bonds. The molecule has 1 aromatic heterocycles. The van der Waals surface area contributed by atoms with Gasteiger partial charge in [0.2, 0.25) is 5.91 Å². The molecule has 1 aromatic carbocycles. The molecule has 118 valence electrons. The lowest BCUT2D eigenvalue weighted by atomic mass is 10.1. The summed E-state index contributed by atoms with van der Waals surface area (Å²) in [6.07, 6.45) is 1.97. The van der Waals surface area contributed by atoms with E-state index in [-0.39, 0.29) is 6.54 Å². The van der Waals surface area contributed by atoms with E-state index in [1.54, 1.807) is 36.0 Å². The highest BCUT2D eigenvalue weighted by atomic mass is 32.2. The molecule has 0 radical (unpaired) electrons. The minimum atomic E-state index is -0.442. The molecule has 23 heavy (non-hydrogen) atoms. The van der Waals surface area contributed by atoms with Crippen LogP contribution in [0.25, 0.3) is 0 Å². The fraction of sp³-hybridized carbons (Fsp3) is 0.200. The Hall–Kier alpha value is -2.19. The summed E-state index contributed by atoms with van der Waals surface area (Å²) in [5.41, 5.74) is 1.56. The van der Waals surface area contributed by atoms with Gasteiger partial charge in [-0.1, -0.05) is 12.1 Å². The molecule has 0 atom stereocenters. The molecule has 3 rings (SSSR count). The average molecular weight is 347 g/mol. The van der Waals surface area contributed by atoms with Gasteiger partial charge in [0.15, 0.2) is 5.13 Å². The molecule has 0 spiro atoms. The van der Waals surface area contributed by atoms with E-state index in [1.165, 1.54) is 11.3 Å². The van der Waals surface area contributed by atoms with Crippen LogP contribution < -0.4 is 5.32 Å². The monoisotopic (exact) mass is 347 g/mol. The number of anilines is 1. The van der Waals surface area contributed by atoms with Crippen LogP contribution in [0.2, 0.25) is 0 Å². The van der Waals surface area contributed by atoms with Crippen LogP contribution in [0, 0.1) is 0 Å². The fourth-order valence-electron chi connectivity index (χ4n) is 2.26. The number of aromatic nitrogens is 1. The number of nitrogens with zero attached hydrogens (tertiary/aromatic N) is 2. The maximum atomic E-state index is 12.2. The lowest BCUT2D eigenvalue weighted by molar-refractivity contribution is -0.116. The normalized spacial score (nSPS) is 13.3. The number of fused-ring (bicyclic) bond motifs is 1. The molecule has 1 aliphatic heterocycles. The van der Waals surface area contributed by atoms with Crippen molar-refractivity contribution < 1.29 is 14.4 Å². The van der Waals surface area contributed by atoms with E-state index in [9.17, 15) is 14.4 Å². The van der Waals surface area contributed by atoms with E-state index in [2.05, 4.69) is 10.3 Å². The van der Waals surface area contributed by atoms with Gasteiger partial charge in [0.25, 0.3) is 11.8 Å². The van der Waals surface area contributed by atoms with Gasteiger partial charge in [0.05, 0.1) is 16.8 Å². The van der Waals surface area contributed by atoms with E-state index in [0.29, 0.717) is 16.3 Å². The van der Waals surface area contributed by atoms with Gasteiger partial charge in [-0.25, -0.2) is 4.98 Å². The summed E-state index contributed by atoms with van der Waals surface area (Å²) >= 11 is 2.96. The zero-order valence-electron chi connectivity index (χ0n) is 12.2. The highest BCUT2D eigenvalue weighted by molar-refractivity contribution is 7.97. The van der Waals surface area contributed by atoms with Crippen LogP contribution in [0.5, 0.6) is 0 Å². The maximum absolute atomic E-state index is 12.2. The molecule has 0 bridgehead atoms. The molecular formula is C15H13N3O3S2. The third kappa shape index (κ3) is 3.13. The van der Waals surface area contributed by atoms with E-state index >= 15 is 0 Å². The van der Waals surface area contributed by atoms with Gasteiger partial charge in [-0.05, 0) is 18.4 Å². The number of nitrogens with one attached hydrogen (secondary N) is 1. The maximum Gasteiger partial charge on any atom is 0.262 e. The van der Waals surface area contributed by atoms with Gasteiger partial charge in [-0.15, -0.1) is 11.3 Å². The van der Waals surface area contributed by atoms with Crippen molar-refractivity contribution in [1.82, 2.24) is 9.88 Å². The van der Waals surface area contributed by atoms with Crippen LogP contribution >= 0.6 is 23.1 Å². The summed E-state index contributed by atoms with van der Waals surface area (Å²) in [6, 6.07) is 6.55. The zero-order chi connectivity index (χ0) is 16.4. The van der Waals surface area contributed by atoms with E-state index in [1.807, 2.05) is 11.6 Å². The first-order valence-electron chi connectivity index (χ1n) is 6.78. The summed E-state index contributed by atoms with van der Waals surface area (Å²) in [7, 11) is 0. The zero-order valence-corrected chi connectivity index (χ0v) is 13.9. The summed E-state index contributed by atoms with van der Waals surface area (Å²) in [6.45, 7) is -0.316. The molecule has 2 heterocycles. The molecule has 6 nitrogen and oxygen atoms in total. The minimum absolute atomic E-state index is 0.316. The average Bonchev–Trinajstić information content (AvgIpc) is 3.07. The Kier molecular flexibility index (Phi) is 4.44. The Labute approximate surface area is 140 Å². The third-order valence-electron chi connectivity index (χ3n) is 3.27. The molecule has 1 N–H and O–H groups in total. The Morgan fingerprint density at radius 1 is 1.26 bits per heavy atom. The predicted octanol–water partition coefficient (Wildman–Crippen LogP) is 2.24. The minimum Gasteiger partial charge on any atom is -0.300 e. The number of hydrogen-bond acceptors (Lipinski definition) is 6. The molecule has 0 unspecified atom stereocenters. The Bertz CT molecular complexity index is 753. The Morgan fingerprint density at radius 2 is 1.91 bits per heavy atom. The topological polar surface area (TPSA) is 79.4 Å². The van der Waals surface area contributed by atoms with Crippen molar-refractivity contribution in [1.29, 1.82) is 0 Å². The van der Waals surface area contributed by atoms with Crippen molar-refractivity contribution in [2.45, 2.75) is 5.75 Å². The lowest BCUT2D eigenvalue weighted by Gasteiger charge is -2.12. The van der Waals surface area contributed by atoms with Crippen LogP contribution in [0.1, 0.15) is 26.4 Å². The standard InChI is InChI=1S/C15H13N3O3S2/c1-22-7-9-8-23-15(16-9)17-12(19)6-18-13(20)10-4-2-3-5-11(10)14(18)21/h2-5,8H,6-7H2,1H3,(H,16,17,19). The van der Waals surface area contributed by atoms with Gasteiger partial charge in [0, 0.05) is 11.1 Å². The van der Waals surface area contributed by atoms with Crippen molar-refractivity contribution in [3.63, 3.8) is 0 Å². The number of amides is 3. The van der Waals surface area contributed by atoms with E-state index in [4.69, 9.17) is 0 Å². The van der Waals surface area contributed by atoms with Crippen LogP contribution in [0.3, 0.4) is 0 Å². The van der Waals surface area contributed by atoms with Gasteiger partial charge >= 0.3 is 0 Å². The molecule has 0 fully saturated rings. The molecule has 8 heteroatoms. The number of hydrogen-bond donors (Lipinski definition) is 1. The second-order valence-electron chi connectivity index (χ2n) is 4.87. The molecule has 2 aromatic rings. The number of thioether (sulfide) groups is 1. The summed E-state index contributed by atoms with van der Waals surface area (Å²) in [4.78, 5) is 41.7. The highest BCUT2D eigenvalue weighted by Crippen LogP contribution is 2.23. The van der Waals surface area contributed by atoms with Crippen molar-refractivity contribution in [2.75, 3.05) is 18.1 Å². The molecule has 0 aliphatic carbocycles. The van der Waals surface area contributed by atoms with Crippen molar-refractivity contribution in [3.8, 4) is 0 Å². The summed E-state index contributed by atoms with van der Waals surface area (Å²) in [5, 5.41) is 4.97. The second kappa shape index (κ2) is 6.51. The number of benzene rings is 1. The van der Waals surface area contributed by atoms with Gasteiger partial charge in [-0.3, -0.25) is 19.3 Å². The predicted molar refractivity (Wildman–Crippen MR) is 89.8 cm³/mol. The summed E-state index contributed by atoms with van der Waals surface area (Å²) < 4.78 is 0. The smallest absolute Gasteiger partial charge is 0.262 e. The molecule has 1 aliphatic rings. The van der Waals surface area contributed by atoms with Gasteiger partial charge in [0.1, 0.15) is 6.54 Å². The Balaban J connectivity index is 1.66. The quantitative estimate of drug-likeness (QED) is 0.839. The van der Waals surface area contributed by atoms with E-state index < -0.39 is 17.7 Å². The first-order chi connectivity index (χ1) is 11.1. The summed E-state index contributed by atoms with van der Waals surface area (Å²) in [5.74, 6) is -0.555. The SMILES string of the molecule is CSCc1csc(NC(=O)CN2C(=O)c3ccccc3C2=O)n1. The van der Waals surface area contributed by atoms with E-state index in [0.717, 1.165) is 16.3 Å². The van der Waals surface area contributed by atoms with Crippen LogP contribution in [-0.4, -0.2) is 40.4 Å². The lowest BCUT2D eigenvalue weighted by Crippen LogP contribution is -2.37. The fourth-order valence-corrected chi connectivity index (χ4v) is 3.54. The number of carbonyl (C=O) groups excluding carboxylic acids is 3. The first-order valence-corrected chi connectivity index (χ1v) is 9.06. The van der Waals surface area contributed by atoms with Crippen LogP contribution in [0.15, 0.2) is 29.6 Å². The number of carbonyl (C=O) groups is 3. The van der Waals surface area contributed by atoms with Crippen molar-refractivity contribution in [2.24, 2.45) is 0 Å². The molecular weight excluding hydrogens is 334 g/mol. The first kappa shape index (κ1) is 15.7. The number of imide groups is 1. The van der Waals surface area contributed by atoms with Crippen molar-refractivity contribution >= 4 is 46.0 Å². The van der Waals surface area contributed by atoms with Gasteiger partial charge < -0.3 is 5.32 Å². The second-order valence-corrected chi connectivity index (χ2v) is 6.59. The van der Waals surface area contributed by atoms with Crippen LogP contribution in [0.4, 0.5) is 5.13 Å². The Morgan fingerprint density at radius 3 is 2.52 bits per heavy atom. The third-order valence-corrected chi connectivity index (χ3v) is 4.66. The van der Waals surface area contributed by atoms with Crippen molar-refractivity contribution in [3.05, 3.63) is 46.5 Å².